The molecule has 0 bridgehead atoms. The summed E-state index contributed by atoms with van der Waals surface area (Å²) in [6.45, 7) is 2.03. The number of hydrogen-bond donors (Lipinski definition) is 2. The number of rotatable bonds is 17. The first-order valence-electron chi connectivity index (χ1n) is 9.76. The summed E-state index contributed by atoms with van der Waals surface area (Å²) >= 11 is 0. The average molecular weight is 343 g/mol. The number of allylic oxidation sites excluding steroid dienone is 2. The van der Waals surface area contributed by atoms with E-state index in [9.17, 15) is 4.79 Å². The van der Waals surface area contributed by atoms with Crippen molar-refractivity contribution in [1.29, 1.82) is 0 Å². The van der Waals surface area contributed by atoms with Crippen molar-refractivity contribution in [1.82, 2.24) is 0 Å². The van der Waals surface area contributed by atoms with E-state index in [1.54, 1.807) is 0 Å². The molecule has 0 unspecified atom stereocenters. The van der Waals surface area contributed by atoms with Gasteiger partial charge in [-0.3, -0.25) is 4.79 Å². The van der Waals surface area contributed by atoms with Gasteiger partial charge in [-0.1, -0.05) is 57.6 Å². The predicted octanol–water partition coefficient (Wildman–Crippen LogP) is 4.39. The fraction of sp³-hybridized carbons (Fsp3) is 0.850. The third-order valence-electron chi connectivity index (χ3n) is 4.14. The zero-order valence-electron chi connectivity index (χ0n) is 15.5. The molecule has 0 rings (SSSR count). The highest BCUT2D eigenvalue weighted by molar-refractivity contribution is 5.69. The van der Waals surface area contributed by atoms with E-state index in [4.69, 9.17) is 14.9 Å². The van der Waals surface area contributed by atoms with Crippen LogP contribution in [0.4, 0.5) is 0 Å². The second-order valence-corrected chi connectivity index (χ2v) is 6.54. The molecule has 2 N–H and O–H groups in total. The third-order valence-corrected chi connectivity index (χ3v) is 4.14. The lowest BCUT2D eigenvalue weighted by Gasteiger charge is -2.11. The van der Waals surface area contributed by atoms with Gasteiger partial charge in [0.15, 0.2) is 0 Å². The van der Waals surface area contributed by atoms with Crippen molar-refractivity contribution in [2.45, 2.75) is 84.0 Å². The van der Waals surface area contributed by atoms with Crippen molar-refractivity contribution in [3.8, 4) is 0 Å². The lowest BCUT2D eigenvalue weighted by molar-refractivity contribution is -0.146. The van der Waals surface area contributed by atoms with E-state index in [2.05, 4.69) is 19.1 Å². The van der Waals surface area contributed by atoms with Crippen LogP contribution < -0.4 is 0 Å². The largest absolute Gasteiger partial charge is 0.465 e. The molecule has 4 nitrogen and oxygen atoms in total. The van der Waals surface area contributed by atoms with Crippen LogP contribution in [0.2, 0.25) is 0 Å². The summed E-state index contributed by atoms with van der Waals surface area (Å²) in [5.41, 5.74) is 0. The summed E-state index contributed by atoms with van der Waals surface area (Å²) in [6, 6.07) is 0. The molecule has 0 saturated carbocycles. The van der Waals surface area contributed by atoms with Crippen molar-refractivity contribution >= 4 is 5.97 Å². The Hall–Kier alpha value is -0.870. The Labute approximate surface area is 148 Å². The highest BCUT2D eigenvalue weighted by Gasteiger charge is 2.09. The van der Waals surface area contributed by atoms with Crippen LogP contribution >= 0.6 is 0 Å². The Kier molecular flexibility index (Phi) is 17.8. The minimum Gasteiger partial charge on any atom is -0.465 e. The zero-order chi connectivity index (χ0) is 17.9. The van der Waals surface area contributed by atoms with Gasteiger partial charge in [0.05, 0.1) is 19.8 Å². The second-order valence-electron chi connectivity index (χ2n) is 6.54. The molecular formula is C20H38O4. The first-order valence-corrected chi connectivity index (χ1v) is 9.76. The molecule has 0 aliphatic heterocycles. The lowest BCUT2D eigenvalue weighted by Crippen LogP contribution is -2.20. The van der Waals surface area contributed by atoms with Crippen LogP contribution in [0.25, 0.3) is 0 Å². The molecule has 0 aromatic heterocycles. The monoisotopic (exact) mass is 342 g/mol. The van der Waals surface area contributed by atoms with Crippen LogP contribution in [0, 0.1) is 5.92 Å². The van der Waals surface area contributed by atoms with Gasteiger partial charge in [-0.2, -0.15) is 0 Å². The van der Waals surface area contributed by atoms with E-state index < -0.39 is 0 Å². The molecule has 0 heterocycles. The Morgan fingerprint density at radius 3 is 2.00 bits per heavy atom. The number of carbonyl (C=O) groups excluding carboxylic acids is 1. The fourth-order valence-electron chi connectivity index (χ4n) is 2.43. The first-order chi connectivity index (χ1) is 11.7. The van der Waals surface area contributed by atoms with Crippen LogP contribution in [0.5, 0.6) is 0 Å². The average Bonchev–Trinajstić information content (AvgIpc) is 2.60. The minimum absolute atomic E-state index is 0.108. The molecule has 0 amide bonds. The molecule has 0 fully saturated rings. The molecule has 0 spiro atoms. The standard InChI is InChI=1S/C20H38O4/c1-2-3-4-5-6-7-8-9-10-11-12-13-14-15-20(23)24-18-19(16-21)17-22/h7-8,19,21-22H,2-6,9-18H2,1H3/b8-7-. The van der Waals surface area contributed by atoms with Gasteiger partial charge in [0.25, 0.3) is 0 Å². The van der Waals surface area contributed by atoms with Crippen molar-refractivity contribution in [2.24, 2.45) is 5.92 Å². The summed E-state index contributed by atoms with van der Waals surface area (Å²) in [5, 5.41) is 17.8. The fourth-order valence-corrected chi connectivity index (χ4v) is 2.43. The Morgan fingerprint density at radius 1 is 0.875 bits per heavy atom. The molecule has 0 aromatic carbocycles. The Bertz CT molecular complexity index is 298. The van der Waals surface area contributed by atoms with Gasteiger partial charge in [-0.25, -0.2) is 0 Å². The third kappa shape index (κ3) is 16.0. The van der Waals surface area contributed by atoms with Gasteiger partial charge in [0, 0.05) is 12.3 Å². The number of aliphatic hydroxyl groups excluding tert-OH is 2. The second kappa shape index (κ2) is 18.5. The number of ether oxygens (including phenoxy) is 1. The quantitative estimate of drug-likeness (QED) is 0.234. The Balaban J connectivity index is 3.29. The van der Waals surface area contributed by atoms with Gasteiger partial charge in [-0.05, 0) is 32.1 Å². The van der Waals surface area contributed by atoms with Gasteiger partial charge >= 0.3 is 5.97 Å². The molecule has 0 aliphatic rings. The number of aliphatic hydroxyl groups is 2. The van der Waals surface area contributed by atoms with E-state index in [1.165, 1.54) is 51.4 Å². The maximum atomic E-state index is 11.5. The highest BCUT2D eigenvalue weighted by Crippen LogP contribution is 2.09. The molecule has 4 heteroatoms. The predicted molar refractivity (Wildman–Crippen MR) is 98.8 cm³/mol. The molecular weight excluding hydrogens is 304 g/mol. The molecule has 0 radical (unpaired) electrons. The molecule has 24 heavy (non-hydrogen) atoms. The molecule has 0 saturated heterocycles. The maximum Gasteiger partial charge on any atom is 0.305 e. The van der Waals surface area contributed by atoms with E-state index in [-0.39, 0.29) is 31.7 Å². The minimum atomic E-state index is -0.353. The van der Waals surface area contributed by atoms with E-state index in [1.807, 2.05) is 0 Å². The van der Waals surface area contributed by atoms with Gasteiger partial charge < -0.3 is 14.9 Å². The summed E-state index contributed by atoms with van der Waals surface area (Å²) < 4.78 is 5.02. The van der Waals surface area contributed by atoms with Crippen LogP contribution in [0.3, 0.4) is 0 Å². The summed E-state index contributed by atoms with van der Waals surface area (Å²) in [6.07, 6.45) is 18.3. The van der Waals surface area contributed by atoms with Crippen LogP contribution in [-0.4, -0.2) is 36.0 Å². The topological polar surface area (TPSA) is 66.8 Å². The number of hydrogen-bond acceptors (Lipinski definition) is 4. The summed E-state index contributed by atoms with van der Waals surface area (Å²) in [4.78, 5) is 11.5. The number of unbranched alkanes of at least 4 members (excludes halogenated alkanes) is 9. The molecule has 0 aliphatic carbocycles. The number of carbonyl (C=O) groups is 1. The van der Waals surface area contributed by atoms with Crippen LogP contribution in [-0.2, 0) is 9.53 Å². The molecule has 0 atom stereocenters. The normalized spacial score (nSPS) is 11.5. The van der Waals surface area contributed by atoms with Crippen molar-refractivity contribution in [3.63, 3.8) is 0 Å². The maximum absolute atomic E-state index is 11.5. The van der Waals surface area contributed by atoms with Crippen molar-refractivity contribution in [3.05, 3.63) is 12.2 Å². The van der Waals surface area contributed by atoms with Gasteiger partial charge in [0.1, 0.15) is 0 Å². The highest BCUT2D eigenvalue weighted by atomic mass is 16.5. The van der Waals surface area contributed by atoms with Crippen molar-refractivity contribution < 1.29 is 19.7 Å². The molecule has 0 aromatic rings. The van der Waals surface area contributed by atoms with E-state index in [0.717, 1.165) is 19.3 Å². The van der Waals surface area contributed by atoms with Crippen LogP contribution in [0.15, 0.2) is 12.2 Å². The van der Waals surface area contributed by atoms with Gasteiger partial charge in [-0.15, -0.1) is 0 Å². The Morgan fingerprint density at radius 2 is 1.42 bits per heavy atom. The zero-order valence-corrected chi connectivity index (χ0v) is 15.5. The van der Waals surface area contributed by atoms with E-state index >= 15 is 0 Å². The number of esters is 1. The SMILES string of the molecule is CCCCCC/C=C\CCCCCCCC(=O)OCC(CO)CO. The van der Waals surface area contributed by atoms with E-state index in [0.29, 0.717) is 6.42 Å². The smallest absolute Gasteiger partial charge is 0.305 e. The molecule has 142 valence electrons. The van der Waals surface area contributed by atoms with Crippen LogP contribution in [0.1, 0.15) is 84.0 Å². The van der Waals surface area contributed by atoms with Crippen molar-refractivity contribution in [2.75, 3.05) is 19.8 Å². The summed E-state index contributed by atoms with van der Waals surface area (Å²) in [5.74, 6) is -0.582. The van der Waals surface area contributed by atoms with Gasteiger partial charge in [0.2, 0.25) is 0 Å². The lowest BCUT2D eigenvalue weighted by atomic mass is 10.1. The summed E-state index contributed by atoms with van der Waals surface area (Å²) in [7, 11) is 0. The first kappa shape index (κ1) is 23.1.